The molecule has 8 aromatic rings. The Morgan fingerprint density at radius 3 is 1.95 bits per heavy atom. The molecule has 0 N–H and O–H groups in total. The largest absolute Gasteiger partial charge is 0.309 e. The first-order valence-electron chi connectivity index (χ1n) is 13.8. The van der Waals surface area contributed by atoms with Crippen LogP contribution < -0.4 is 0 Å². The number of hydrogen-bond acceptors (Lipinski definition) is 2. The van der Waals surface area contributed by atoms with Crippen molar-refractivity contribution in [2.45, 2.75) is 0 Å². The average Bonchev–Trinajstić information content (AvgIpc) is 3.58. The molecule has 4 heteroatoms. The van der Waals surface area contributed by atoms with E-state index in [1.807, 2.05) is 48.5 Å². The number of nitriles is 2. The predicted molar refractivity (Wildman–Crippen MR) is 170 cm³/mol. The number of aromatic nitrogens is 2. The first kappa shape index (κ1) is 23.8. The zero-order valence-electron chi connectivity index (χ0n) is 22.5. The Hall–Kier alpha value is -6.10. The quantitative estimate of drug-likeness (QED) is 0.227. The van der Waals surface area contributed by atoms with E-state index in [0.717, 1.165) is 66.1 Å². The van der Waals surface area contributed by atoms with Crippen molar-refractivity contribution in [3.05, 3.63) is 145 Å². The molecule has 2 heterocycles. The van der Waals surface area contributed by atoms with E-state index < -0.39 is 0 Å². The minimum absolute atomic E-state index is 0.622. The molecule has 0 bridgehead atoms. The number of fused-ring (bicyclic) bond motifs is 6. The Morgan fingerprint density at radius 1 is 0.476 bits per heavy atom. The van der Waals surface area contributed by atoms with Crippen LogP contribution in [0.25, 0.3) is 66.1 Å². The highest BCUT2D eigenvalue weighted by Crippen LogP contribution is 2.43. The summed E-state index contributed by atoms with van der Waals surface area (Å²) >= 11 is 0. The van der Waals surface area contributed by atoms with E-state index in [1.54, 1.807) is 0 Å². The zero-order chi connectivity index (χ0) is 28.2. The van der Waals surface area contributed by atoms with Gasteiger partial charge in [-0.1, -0.05) is 84.9 Å². The van der Waals surface area contributed by atoms with E-state index in [9.17, 15) is 10.5 Å². The van der Waals surface area contributed by atoms with Gasteiger partial charge < -0.3 is 9.13 Å². The van der Waals surface area contributed by atoms with Crippen LogP contribution in [0.15, 0.2) is 133 Å². The molecular weight excluding hydrogens is 512 g/mol. The molecule has 0 saturated carbocycles. The highest BCUT2D eigenvalue weighted by atomic mass is 15.0. The van der Waals surface area contributed by atoms with Crippen LogP contribution in [0, 0.1) is 22.7 Å². The van der Waals surface area contributed by atoms with Gasteiger partial charge in [0.05, 0.1) is 45.0 Å². The maximum absolute atomic E-state index is 9.97. The van der Waals surface area contributed by atoms with Crippen LogP contribution in [0.3, 0.4) is 0 Å². The van der Waals surface area contributed by atoms with Crippen molar-refractivity contribution in [2.75, 3.05) is 0 Å². The predicted octanol–water partition coefficient (Wildman–Crippen LogP) is 9.29. The number of hydrogen-bond donors (Lipinski definition) is 0. The lowest BCUT2D eigenvalue weighted by molar-refractivity contribution is 1.17. The second-order valence-electron chi connectivity index (χ2n) is 10.4. The number of para-hydroxylation sites is 4. The number of nitrogens with zero attached hydrogens (tertiary/aromatic N) is 4. The Kier molecular flexibility index (Phi) is 5.22. The van der Waals surface area contributed by atoms with Gasteiger partial charge in [-0.3, -0.25) is 0 Å². The molecule has 0 amide bonds. The van der Waals surface area contributed by atoms with E-state index in [1.165, 1.54) is 0 Å². The van der Waals surface area contributed by atoms with Crippen molar-refractivity contribution in [1.29, 1.82) is 10.5 Å². The monoisotopic (exact) mass is 534 g/mol. The lowest BCUT2D eigenvalue weighted by Crippen LogP contribution is -1.97. The van der Waals surface area contributed by atoms with Crippen molar-refractivity contribution >= 4 is 43.6 Å². The van der Waals surface area contributed by atoms with Gasteiger partial charge in [0.2, 0.25) is 0 Å². The van der Waals surface area contributed by atoms with Gasteiger partial charge in [0.25, 0.3) is 0 Å². The molecule has 0 spiro atoms. The Morgan fingerprint density at radius 2 is 1.12 bits per heavy atom. The molecule has 6 aromatic carbocycles. The molecule has 2 aromatic heterocycles. The lowest BCUT2D eigenvalue weighted by atomic mass is 9.97. The molecule has 4 nitrogen and oxygen atoms in total. The second-order valence-corrected chi connectivity index (χ2v) is 10.4. The molecule has 0 saturated heterocycles. The first-order valence-corrected chi connectivity index (χ1v) is 13.8. The van der Waals surface area contributed by atoms with Gasteiger partial charge in [-0.15, -0.1) is 0 Å². The molecule has 0 aliphatic heterocycles. The van der Waals surface area contributed by atoms with Gasteiger partial charge in [0, 0.05) is 32.8 Å². The second kappa shape index (κ2) is 9.24. The minimum atomic E-state index is 0.622. The first-order chi connectivity index (χ1) is 20.8. The van der Waals surface area contributed by atoms with Gasteiger partial charge in [-0.25, -0.2) is 0 Å². The third-order valence-electron chi connectivity index (χ3n) is 8.18. The summed E-state index contributed by atoms with van der Waals surface area (Å²) in [5.74, 6) is 0. The zero-order valence-corrected chi connectivity index (χ0v) is 22.5. The highest BCUT2D eigenvalue weighted by Gasteiger charge is 2.21. The maximum atomic E-state index is 9.97. The van der Waals surface area contributed by atoms with Crippen molar-refractivity contribution in [2.24, 2.45) is 0 Å². The average molecular weight is 535 g/mol. The highest BCUT2D eigenvalue weighted by molar-refractivity contribution is 6.20. The smallest absolute Gasteiger partial charge is 0.101 e. The summed E-state index contributed by atoms with van der Waals surface area (Å²) in [5.41, 5.74) is 9.57. The normalized spacial score (nSPS) is 11.3. The topological polar surface area (TPSA) is 57.4 Å². The molecule has 0 atom stereocenters. The van der Waals surface area contributed by atoms with Crippen molar-refractivity contribution in [3.63, 3.8) is 0 Å². The van der Waals surface area contributed by atoms with Crippen LogP contribution in [0.2, 0.25) is 0 Å². The summed E-state index contributed by atoms with van der Waals surface area (Å²) in [6.07, 6.45) is 0. The molecule has 8 rings (SSSR count). The summed E-state index contributed by atoms with van der Waals surface area (Å²) in [6, 6.07) is 50.0. The summed E-state index contributed by atoms with van der Waals surface area (Å²) < 4.78 is 4.49. The Bertz CT molecular complexity index is 2440. The van der Waals surface area contributed by atoms with Gasteiger partial charge >= 0.3 is 0 Å². The maximum Gasteiger partial charge on any atom is 0.101 e. The molecule has 0 fully saturated rings. The fourth-order valence-electron chi connectivity index (χ4n) is 6.49. The number of rotatable bonds is 3. The molecule has 194 valence electrons. The van der Waals surface area contributed by atoms with Crippen LogP contribution >= 0.6 is 0 Å². The molecule has 0 aliphatic carbocycles. The standard InChI is InChI=1S/C38H22N4/c39-23-25-10-7-12-27(22-25)41-34-19-5-2-13-28(34)30-16-8-17-31(38(30)41)29-15-9-21-36-37(29)32-14-3-6-20-35(32)42(36)33-18-4-1-11-26(33)24-40/h1-22H. The van der Waals surface area contributed by atoms with Crippen LogP contribution in [-0.2, 0) is 0 Å². The van der Waals surface area contributed by atoms with Crippen LogP contribution in [0.4, 0.5) is 0 Å². The molecular formula is C38H22N4. The van der Waals surface area contributed by atoms with Crippen molar-refractivity contribution in [3.8, 4) is 34.6 Å². The fourth-order valence-corrected chi connectivity index (χ4v) is 6.49. The van der Waals surface area contributed by atoms with Gasteiger partial charge in [-0.05, 0) is 54.1 Å². The summed E-state index contributed by atoms with van der Waals surface area (Å²) in [5, 5.41) is 24.2. The molecule has 0 radical (unpaired) electrons. The van der Waals surface area contributed by atoms with Gasteiger partial charge in [0.15, 0.2) is 0 Å². The van der Waals surface area contributed by atoms with Crippen LogP contribution in [-0.4, -0.2) is 9.13 Å². The van der Waals surface area contributed by atoms with E-state index >= 15 is 0 Å². The SMILES string of the molecule is N#Cc1cccc(-n2c3ccccc3c3cccc(-c4cccc5c4c4ccccc4n5-c4ccccc4C#N)c32)c1. The molecule has 42 heavy (non-hydrogen) atoms. The Balaban J connectivity index is 1.54. The van der Waals surface area contributed by atoms with Crippen LogP contribution in [0.1, 0.15) is 11.1 Å². The van der Waals surface area contributed by atoms with E-state index in [4.69, 9.17) is 0 Å². The third kappa shape index (κ3) is 3.33. The van der Waals surface area contributed by atoms with Crippen LogP contribution in [0.5, 0.6) is 0 Å². The molecule has 0 unspecified atom stereocenters. The summed E-state index contributed by atoms with van der Waals surface area (Å²) in [4.78, 5) is 0. The van der Waals surface area contributed by atoms with Crippen molar-refractivity contribution < 1.29 is 0 Å². The minimum Gasteiger partial charge on any atom is -0.309 e. The van der Waals surface area contributed by atoms with Gasteiger partial charge in [0.1, 0.15) is 6.07 Å². The summed E-state index contributed by atoms with van der Waals surface area (Å²) in [6.45, 7) is 0. The molecule has 0 aliphatic rings. The van der Waals surface area contributed by atoms with E-state index in [2.05, 4.69) is 106 Å². The van der Waals surface area contributed by atoms with E-state index in [0.29, 0.717) is 11.1 Å². The third-order valence-corrected chi connectivity index (χ3v) is 8.18. The summed E-state index contributed by atoms with van der Waals surface area (Å²) in [7, 11) is 0. The van der Waals surface area contributed by atoms with Gasteiger partial charge in [-0.2, -0.15) is 10.5 Å². The van der Waals surface area contributed by atoms with Crippen molar-refractivity contribution in [1.82, 2.24) is 9.13 Å². The fraction of sp³-hybridized carbons (Fsp3) is 0. The lowest BCUT2D eigenvalue weighted by Gasteiger charge is -2.13. The van der Waals surface area contributed by atoms with E-state index in [-0.39, 0.29) is 0 Å². The Labute approximate surface area is 242 Å². The number of benzene rings is 6.